The van der Waals surface area contributed by atoms with Crippen molar-refractivity contribution in [2.45, 2.75) is 24.0 Å². The lowest BCUT2D eigenvalue weighted by Crippen LogP contribution is -2.03. The Hall–Kier alpha value is -0.480. The Morgan fingerprint density at radius 1 is 1.67 bits per heavy atom. The van der Waals surface area contributed by atoms with Gasteiger partial charge >= 0.3 is 0 Å². The smallest absolute Gasteiger partial charge is 0.168 e. The van der Waals surface area contributed by atoms with Crippen molar-refractivity contribution in [3.63, 3.8) is 0 Å². The van der Waals surface area contributed by atoms with Crippen molar-refractivity contribution < 1.29 is 0 Å². The number of hydrogen-bond acceptors (Lipinski definition) is 3. The second kappa shape index (κ2) is 3.49. The second-order valence-electron chi connectivity index (χ2n) is 2.99. The number of nitrogens with zero attached hydrogens (tertiary/aromatic N) is 2. The summed E-state index contributed by atoms with van der Waals surface area (Å²) < 4.78 is 2.26. The van der Waals surface area contributed by atoms with Gasteiger partial charge in [-0.3, -0.25) is 0 Å². The number of hydrogen-bond donors (Lipinski definition) is 1. The Labute approximate surface area is 76.4 Å². The van der Waals surface area contributed by atoms with Gasteiger partial charge in [-0.1, -0.05) is 11.8 Å². The van der Waals surface area contributed by atoms with Crippen LogP contribution in [-0.4, -0.2) is 21.8 Å². The number of aromatic nitrogens is 2. The van der Waals surface area contributed by atoms with Crippen molar-refractivity contribution in [1.29, 1.82) is 0 Å². The van der Waals surface area contributed by atoms with Gasteiger partial charge < -0.3 is 10.3 Å². The summed E-state index contributed by atoms with van der Waals surface area (Å²) in [4.78, 5) is 4.29. The average Bonchev–Trinajstić information content (AvgIpc) is 2.83. The predicted octanol–water partition coefficient (Wildman–Crippen LogP) is 1.27. The zero-order chi connectivity index (χ0) is 8.39. The standard InChI is InChI=1S/C8H13N3S/c9-3-6-12-8-10-4-5-11(8)7-1-2-7/h4-5,7H,1-3,6,9H2. The number of thioether (sulfide) groups is 1. The highest BCUT2D eigenvalue weighted by Crippen LogP contribution is 2.37. The van der Waals surface area contributed by atoms with Crippen LogP contribution in [0.3, 0.4) is 0 Å². The van der Waals surface area contributed by atoms with E-state index in [-0.39, 0.29) is 0 Å². The van der Waals surface area contributed by atoms with Gasteiger partial charge in [0.2, 0.25) is 0 Å². The maximum atomic E-state index is 5.43. The van der Waals surface area contributed by atoms with E-state index in [1.54, 1.807) is 11.8 Å². The van der Waals surface area contributed by atoms with Crippen LogP contribution in [0.25, 0.3) is 0 Å². The normalized spacial score (nSPS) is 16.8. The largest absolute Gasteiger partial charge is 0.330 e. The van der Waals surface area contributed by atoms with Gasteiger partial charge in [0.05, 0.1) is 0 Å². The van der Waals surface area contributed by atoms with Crippen LogP contribution in [0.4, 0.5) is 0 Å². The summed E-state index contributed by atoms with van der Waals surface area (Å²) in [5.41, 5.74) is 5.43. The van der Waals surface area contributed by atoms with Crippen LogP contribution in [0.2, 0.25) is 0 Å². The van der Waals surface area contributed by atoms with Crippen molar-refractivity contribution in [1.82, 2.24) is 9.55 Å². The summed E-state index contributed by atoms with van der Waals surface area (Å²) in [6.07, 6.45) is 6.56. The number of nitrogens with two attached hydrogens (primary N) is 1. The van der Waals surface area contributed by atoms with E-state index < -0.39 is 0 Å². The van der Waals surface area contributed by atoms with Gasteiger partial charge in [-0.15, -0.1) is 0 Å². The fourth-order valence-electron chi connectivity index (χ4n) is 1.19. The van der Waals surface area contributed by atoms with E-state index in [9.17, 15) is 0 Å². The van der Waals surface area contributed by atoms with E-state index in [0.29, 0.717) is 0 Å². The van der Waals surface area contributed by atoms with E-state index >= 15 is 0 Å². The Kier molecular flexibility index (Phi) is 2.37. The fourth-order valence-corrected chi connectivity index (χ4v) is 1.99. The molecule has 1 aliphatic carbocycles. The molecule has 1 aromatic rings. The first-order chi connectivity index (χ1) is 5.92. The molecule has 12 heavy (non-hydrogen) atoms. The molecule has 0 atom stereocenters. The highest BCUT2D eigenvalue weighted by molar-refractivity contribution is 7.99. The quantitative estimate of drug-likeness (QED) is 0.715. The van der Waals surface area contributed by atoms with Gasteiger partial charge in [-0.2, -0.15) is 0 Å². The van der Waals surface area contributed by atoms with Crippen molar-refractivity contribution in [3.8, 4) is 0 Å². The molecule has 0 spiro atoms. The van der Waals surface area contributed by atoms with Gasteiger partial charge in [0.25, 0.3) is 0 Å². The molecule has 2 N–H and O–H groups in total. The fraction of sp³-hybridized carbons (Fsp3) is 0.625. The topological polar surface area (TPSA) is 43.8 Å². The zero-order valence-corrected chi connectivity index (χ0v) is 7.76. The molecule has 1 aliphatic rings. The highest BCUT2D eigenvalue weighted by Gasteiger charge is 2.25. The van der Waals surface area contributed by atoms with Crippen LogP contribution < -0.4 is 5.73 Å². The monoisotopic (exact) mass is 183 g/mol. The molecule has 4 heteroatoms. The third-order valence-electron chi connectivity index (χ3n) is 1.92. The summed E-state index contributed by atoms with van der Waals surface area (Å²) in [5.74, 6) is 0.962. The van der Waals surface area contributed by atoms with E-state index in [0.717, 1.165) is 23.5 Å². The van der Waals surface area contributed by atoms with Gasteiger partial charge in [0.15, 0.2) is 5.16 Å². The molecule has 3 nitrogen and oxygen atoms in total. The first kappa shape index (κ1) is 8.13. The Morgan fingerprint density at radius 2 is 2.50 bits per heavy atom. The van der Waals surface area contributed by atoms with E-state index in [4.69, 9.17) is 5.73 Å². The zero-order valence-electron chi connectivity index (χ0n) is 6.94. The molecule has 0 amide bonds. The average molecular weight is 183 g/mol. The van der Waals surface area contributed by atoms with Crippen molar-refractivity contribution in [3.05, 3.63) is 12.4 Å². The van der Waals surface area contributed by atoms with Crippen LogP contribution in [0, 0.1) is 0 Å². The van der Waals surface area contributed by atoms with Gasteiger partial charge in [0, 0.05) is 30.7 Å². The maximum Gasteiger partial charge on any atom is 0.168 e. The molecule has 0 unspecified atom stereocenters. The molecule has 0 aromatic carbocycles. The number of rotatable bonds is 4. The molecular weight excluding hydrogens is 170 g/mol. The Morgan fingerprint density at radius 3 is 3.17 bits per heavy atom. The molecule has 1 fully saturated rings. The lowest BCUT2D eigenvalue weighted by Gasteiger charge is -2.03. The highest BCUT2D eigenvalue weighted by atomic mass is 32.2. The van der Waals surface area contributed by atoms with Crippen molar-refractivity contribution in [2.75, 3.05) is 12.3 Å². The molecular formula is C8H13N3S. The molecule has 0 bridgehead atoms. The summed E-state index contributed by atoms with van der Waals surface area (Å²) in [6.45, 7) is 0.724. The summed E-state index contributed by atoms with van der Waals surface area (Å²) >= 11 is 1.75. The minimum Gasteiger partial charge on any atom is -0.330 e. The SMILES string of the molecule is NCCSc1nccn1C1CC1. The van der Waals surface area contributed by atoms with Gasteiger partial charge in [-0.05, 0) is 12.8 Å². The van der Waals surface area contributed by atoms with Gasteiger partial charge in [0.1, 0.15) is 0 Å². The predicted molar refractivity (Wildman–Crippen MR) is 50.3 cm³/mol. The van der Waals surface area contributed by atoms with E-state index in [2.05, 4.69) is 15.7 Å². The van der Waals surface area contributed by atoms with Crippen LogP contribution in [0.5, 0.6) is 0 Å². The number of imidazole rings is 1. The minimum atomic E-state index is 0.724. The van der Waals surface area contributed by atoms with Crippen LogP contribution >= 0.6 is 11.8 Å². The van der Waals surface area contributed by atoms with Crippen LogP contribution in [0.1, 0.15) is 18.9 Å². The first-order valence-electron chi connectivity index (χ1n) is 4.27. The van der Waals surface area contributed by atoms with E-state index in [1.165, 1.54) is 12.8 Å². The molecule has 0 radical (unpaired) electrons. The van der Waals surface area contributed by atoms with E-state index in [1.807, 2.05) is 6.20 Å². The molecule has 1 aromatic heterocycles. The Bertz CT molecular complexity index is 255. The lowest BCUT2D eigenvalue weighted by molar-refractivity contribution is 0.663. The third-order valence-corrected chi connectivity index (χ3v) is 2.94. The second-order valence-corrected chi connectivity index (χ2v) is 4.05. The van der Waals surface area contributed by atoms with Gasteiger partial charge in [-0.25, -0.2) is 4.98 Å². The maximum absolute atomic E-state index is 5.43. The molecule has 1 saturated carbocycles. The van der Waals surface area contributed by atoms with Crippen LogP contribution in [-0.2, 0) is 0 Å². The lowest BCUT2D eigenvalue weighted by atomic mass is 10.7. The summed E-state index contributed by atoms with van der Waals surface area (Å²) in [5, 5.41) is 1.13. The third kappa shape index (κ3) is 1.64. The Balaban J connectivity index is 2.03. The summed E-state index contributed by atoms with van der Waals surface area (Å²) in [6, 6.07) is 0.729. The summed E-state index contributed by atoms with van der Waals surface area (Å²) in [7, 11) is 0. The minimum absolute atomic E-state index is 0.724. The molecule has 0 aliphatic heterocycles. The first-order valence-corrected chi connectivity index (χ1v) is 5.26. The van der Waals surface area contributed by atoms with Crippen molar-refractivity contribution >= 4 is 11.8 Å². The molecule has 1 heterocycles. The van der Waals surface area contributed by atoms with Crippen molar-refractivity contribution in [2.24, 2.45) is 5.73 Å². The molecule has 0 saturated heterocycles. The molecule has 66 valence electrons. The molecule has 2 rings (SSSR count). The van der Waals surface area contributed by atoms with Crippen LogP contribution in [0.15, 0.2) is 17.6 Å².